The highest BCUT2D eigenvalue weighted by atomic mass is 16.2. The van der Waals surface area contributed by atoms with E-state index in [2.05, 4.69) is 36.6 Å². The average Bonchev–Trinajstić information content (AvgIpc) is 3.90. The molecule has 15 heteroatoms. The number of carbonyl (C=O) groups excluding carboxylic acids is 7. The molecule has 1 saturated heterocycles. The number of nitrogens with one attached hydrogen (secondary N) is 5. The number of rotatable bonds is 15. The molecule has 1 aromatic carbocycles. The van der Waals surface area contributed by atoms with E-state index in [0.717, 1.165) is 44.9 Å². The maximum Gasteiger partial charge on any atom is 0.289 e. The lowest BCUT2D eigenvalue weighted by Gasteiger charge is -2.35. The van der Waals surface area contributed by atoms with E-state index in [9.17, 15) is 33.6 Å². The maximum absolute atomic E-state index is 14.3. The van der Waals surface area contributed by atoms with Gasteiger partial charge in [0, 0.05) is 37.1 Å². The molecule has 2 aliphatic carbocycles. The number of ketones is 1. The van der Waals surface area contributed by atoms with Crippen molar-refractivity contribution in [3.05, 3.63) is 60.2 Å². The van der Waals surface area contributed by atoms with Crippen LogP contribution >= 0.6 is 0 Å². The van der Waals surface area contributed by atoms with Crippen LogP contribution in [0.5, 0.6) is 0 Å². The molecule has 2 heterocycles. The first-order valence-corrected chi connectivity index (χ1v) is 19.4. The highest BCUT2D eigenvalue weighted by molar-refractivity contribution is 6.38. The highest BCUT2D eigenvalue weighted by Crippen LogP contribution is 2.29. The average molecular weight is 759 g/mol. The van der Waals surface area contributed by atoms with E-state index in [1.165, 1.54) is 23.5 Å². The van der Waals surface area contributed by atoms with Crippen LogP contribution in [0.3, 0.4) is 0 Å². The molecule has 55 heavy (non-hydrogen) atoms. The van der Waals surface area contributed by atoms with Crippen LogP contribution in [0.2, 0.25) is 0 Å². The lowest BCUT2D eigenvalue weighted by atomic mass is 9.82. The van der Waals surface area contributed by atoms with E-state index in [4.69, 9.17) is 0 Å². The third-order valence-corrected chi connectivity index (χ3v) is 10.5. The summed E-state index contributed by atoms with van der Waals surface area (Å²) in [5.74, 6) is -5.21. The molecule has 0 radical (unpaired) electrons. The fourth-order valence-corrected chi connectivity index (χ4v) is 7.29. The Bertz CT molecular complexity index is 1710. The first-order chi connectivity index (χ1) is 26.3. The molecule has 15 nitrogen and oxygen atoms in total. The summed E-state index contributed by atoms with van der Waals surface area (Å²) in [6.45, 7) is 7.15. The van der Waals surface area contributed by atoms with Gasteiger partial charge in [0.1, 0.15) is 17.8 Å². The van der Waals surface area contributed by atoms with Gasteiger partial charge in [-0.05, 0) is 55.6 Å². The van der Waals surface area contributed by atoms with E-state index in [0.29, 0.717) is 12.0 Å². The van der Waals surface area contributed by atoms with Crippen LogP contribution in [0.25, 0.3) is 0 Å². The second-order valence-electron chi connectivity index (χ2n) is 16.0. The van der Waals surface area contributed by atoms with Gasteiger partial charge in [0.25, 0.3) is 17.7 Å². The van der Waals surface area contributed by atoms with Crippen LogP contribution in [0.15, 0.2) is 48.9 Å². The Hall–Kier alpha value is -5.21. The highest BCUT2D eigenvalue weighted by Gasteiger charge is 2.45. The Morgan fingerprint density at radius 3 is 2.16 bits per heavy atom. The van der Waals surface area contributed by atoms with Gasteiger partial charge in [-0.25, -0.2) is 4.98 Å². The minimum absolute atomic E-state index is 0.0181. The number of hydrogen-bond acceptors (Lipinski definition) is 9. The minimum atomic E-state index is -1.11. The first-order valence-electron chi connectivity index (χ1n) is 19.4. The van der Waals surface area contributed by atoms with Crippen molar-refractivity contribution in [2.75, 3.05) is 13.1 Å². The topological polar surface area (TPSA) is 209 Å². The Kier molecular flexibility index (Phi) is 13.7. The largest absolute Gasteiger partial charge is 0.349 e. The fraction of sp³-hybridized carbons (Fsp3) is 0.575. The molecule has 2 aromatic rings. The van der Waals surface area contributed by atoms with Gasteiger partial charge in [-0.2, -0.15) is 0 Å². The van der Waals surface area contributed by atoms with E-state index < -0.39 is 70.8 Å². The molecule has 5 N–H and O–H groups in total. The summed E-state index contributed by atoms with van der Waals surface area (Å²) < 4.78 is 0. The van der Waals surface area contributed by atoms with E-state index in [1.54, 1.807) is 51.1 Å². The molecule has 296 valence electrons. The summed E-state index contributed by atoms with van der Waals surface area (Å²) in [5.41, 5.74) is -0.357. The van der Waals surface area contributed by atoms with E-state index in [1.807, 2.05) is 6.92 Å². The lowest BCUT2D eigenvalue weighted by Crippen LogP contribution is -2.61. The zero-order valence-corrected chi connectivity index (χ0v) is 32.1. The first kappa shape index (κ1) is 41.0. The standard InChI is InChI=1S/C40H54N8O7/c1-5-12-28(32(49)37(53)43-26-17-18-26)44-34(50)27-22-48(39(55)25-15-10-7-11-16-25)23-30(27)45-38(54)33(40(2,3)4)47-36(52)31(24-13-8-6-9-14-24)46-35(51)29-21-41-19-20-42-29/h7,10-11,15-16,19-21,24,26-28,30-31,33H,5-6,8-9,12-14,17-18,22-23H2,1-4H3,(H,43,53)(H,44,50)(H,45,54)(H,46,51)(H,47,52)/t27-,28+,30+,31+,33?/m1/s1. The number of benzene rings is 1. The summed E-state index contributed by atoms with van der Waals surface area (Å²) in [6.07, 6.45) is 10.8. The Balaban J connectivity index is 1.36. The van der Waals surface area contributed by atoms with Gasteiger partial charge in [0.15, 0.2) is 0 Å². The molecule has 3 fully saturated rings. The lowest BCUT2D eigenvalue weighted by molar-refractivity contribution is -0.140. The molecule has 5 atom stereocenters. The van der Waals surface area contributed by atoms with Crippen LogP contribution < -0.4 is 26.6 Å². The second-order valence-corrected chi connectivity index (χ2v) is 16.0. The van der Waals surface area contributed by atoms with Gasteiger partial charge in [0.05, 0.1) is 24.2 Å². The number of amides is 6. The van der Waals surface area contributed by atoms with Crippen LogP contribution in [-0.2, 0) is 24.0 Å². The number of aromatic nitrogens is 2. The van der Waals surface area contributed by atoms with Crippen molar-refractivity contribution in [2.45, 2.75) is 116 Å². The molecule has 1 unspecified atom stereocenters. The molecular formula is C40H54N8O7. The predicted octanol–water partition coefficient (Wildman–Crippen LogP) is 2.08. The monoisotopic (exact) mass is 758 g/mol. The number of carbonyl (C=O) groups is 7. The number of Topliss-reactive ketones (excluding diaryl/α,β-unsaturated/α-hetero) is 1. The van der Waals surface area contributed by atoms with Gasteiger partial charge in [-0.1, -0.05) is 71.6 Å². The number of hydrogen-bond donors (Lipinski definition) is 5. The predicted molar refractivity (Wildman–Crippen MR) is 202 cm³/mol. The van der Waals surface area contributed by atoms with Crippen molar-refractivity contribution in [3.8, 4) is 0 Å². The summed E-state index contributed by atoms with van der Waals surface area (Å²) in [7, 11) is 0. The quantitative estimate of drug-likeness (QED) is 0.168. The van der Waals surface area contributed by atoms with E-state index in [-0.39, 0.29) is 43.1 Å². The van der Waals surface area contributed by atoms with Gasteiger partial charge in [0.2, 0.25) is 23.5 Å². The van der Waals surface area contributed by atoms with Gasteiger partial charge in [-0.3, -0.25) is 38.5 Å². The van der Waals surface area contributed by atoms with Crippen molar-refractivity contribution >= 4 is 41.2 Å². The fourth-order valence-electron chi connectivity index (χ4n) is 7.29. The third kappa shape index (κ3) is 10.9. The SMILES string of the molecule is CCC[C@H](NC(=O)[C@@H]1CN(C(=O)c2ccccc2)C[C@@H]1NC(=O)C(NC(=O)[C@@H](NC(=O)c1cnccn1)C1CCCCC1)C(C)(C)C)C(=O)C(=O)NC1CC1. The molecule has 3 aliphatic rings. The Morgan fingerprint density at radius 1 is 0.836 bits per heavy atom. The number of likely N-dealkylation sites (tertiary alicyclic amines) is 1. The van der Waals surface area contributed by atoms with Crippen LogP contribution in [0.4, 0.5) is 0 Å². The van der Waals surface area contributed by atoms with Crippen molar-refractivity contribution in [3.63, 3.8) is 0 Å². The Labute approximate surface area is 321 Å². The van der Waals surface area contributed by atoms with Gasteiger partial charge >= 0.3 is 0 Å². The van der Waals surface area contributed by atoms with Crippen molar-refractivity contribution in [1.29, 1.82) is 0 Å². The smallest absolute Gasteiger partial charge is 0.289 e. The molecule has 1 aliphatic heterocycles. The molecular weight excluding hydrogens is 704 g/mol. The molecule has 0 bridgehead atoms. The molecule has 1 aromatic heterocycles. The van der Waals surface area contributed by atoms with Gasteiger partial charge < -0.3 is 31.5 Å². The molecule has 6 amide bonds. The van der Waals surface area contributed by atoms with Crippen molar-refractivity contribution in [1.82, 2.24) is 41.5 Å². The zero-order valence-electron chi connectivity index (χ0n) is 32.1. The normalized spacial score (nSPS) is 20.3. The van der Waals surface area contributed by atoms with E-state index >= 15 is 0 Å². The number of nitrogens with zero attached hydrogens (tertiary/aromatic N) is 3. The summed E-state index contributed by atoms with van der Waals surface area (Å²) in [5, 5.41) is 14.2. The summed E-state index contributed by atoms with van der Waals surface area (Å²) >= 11 is 0. The van der Waals surface area contributed by atoms with Crippen LogP contribution in [0.1, 0.15) is 106 Å². The second kappa shape index (κ2) is 18.4. The molecule has 2 saturated carbocycles. The molecule has 0 spiro atoms. The zero-order chi connectivity index (χ0) is 39.7. The van der Waals surface area contributed by atoms with Crippen LogP contribution in [0, 0.1) is 17.3 Å². The Morgan fingerprint density at radius 2 is 1.55 bits per heavy atom. The third-order valence-electron chi connectivity index (χ3n) is 10.5. The summed E-state index contributed by atoms with van der Waals surface area (Å²) in [4.78, 5) is 105. The van der Waals surface area contributed by atoms with Gasteiger partial charge in [-0.15, -0.1) is 0 Å². The van der Waals surface area contributed by atoms with Crippen molar-refractivity contribution in [2.24, 2.45) is 17.3 Å². The van der Waals surface area contributed by atoms with Crippen LogP contribution in [-0.4, -0.2) is 99.4 Å². The summed E-state index contributed by atoms with van der Waals surface area (Å²) in [6, 6.07) is 4.50. The maximum atomic E-state index is 14.3. The molecule has 5 rings (SSSR count). The van der Waals surface area contributed by atoms with Crippen molar-refractivity contribution < 1.29 is 33.6 Å². The minimum Gasteiger partial charge on any atom is -0.349 e.